The molecule has 1 atom stereocenters. The highest BCUT2D eigenvalue weighted by Gasteiger charge is 2.23. The van der Waals surface area contributed by atoms with Crippen LogP contribution in [0.4, 0.5) is 5.69 Å². The predicted molar refractivity (Wildman–Crippen MR) is 126 cm³/mol. The summed E-state index contributed by atoms with van der Waals surface area (Å²) in [5.41, 5.74) is 3.52. The number of thioether (sulfide) groups is 1. The number of hydrogen-bond acceptors (Lipinski definition) is 4. The van der Waals surface area contributed by atoms with Crippen LogP contribution in [0, 0.1) is 6.92 Å². The number of imidazole rings is 1. The van der Waals surface area contributed by atoms with Crippen LogP contribution in [0.15, 0.2) is 78.0 Å². The second-order valence-electron chi connectivity index (χ2n) is 7.12. The molecule has 4 aromatic rings. The summed E-state index contributed by atoms with van der Waals surface area (Å²) < 4.78 is 1.57. The molecule has 4 rings (SSSR count). The molecule has 0 bridgehead atoms. The van der Waals surface area contributed by atoms with Gasteiger partial charge in [0.05, 0.1) is 27.0 Å². The number of rotatable bonds is 5. The lowest BCUT2D eigenvalue weighted by molar-refractivity contribution is -0.115. The van der Waals surface area contributed by atoms with E-state index >= 15 is 0 Å². The van der Waals surface area contributed by atoms with Crippen LogP contribution in [0.3, 0.4) is 0 Å². The monoisotopic (exact) mass is 449 g/mol. The number of aryl methyl sites for hydroxylation is 1. The molecule has 0 radical (unpaired) electrons. The topological polar surface area (TPSA) is 64.0 Å². The molecule has 1 N–H and O–H groups in total. The molecular formula is C24H20ClN3O2S. The normalized spacial score (nSPS) is 12.0. The third-order valence-electron chi connectivity index (χ3n) is 4.79. The third kappa shape index (κ3) is 4.50. The van der Waals surface area contributed by atoms with Crippen LogP contribution >= 0.6 is 23.4 Å². The van der Waals surface area contributed by atoms with Gasteiger partial charge in [-0.05, 0) is 55.8 Å². The Morgan fingerprint density at radius 3 is 2.48 bits per heavy atom. The molecule has 1 aromatic heterocycles. The molecule has 1 heterocycles. The van der Waals surface area contributed by atoms with Crippen molar-refractivity contribution in [2.45, 2.75) is 24.3 Å². The number of fused-ring (bicyclic) bond motifs is 1. The van der Waals surface area contributed by atoms with Crippen LogP contribution in [0.2, 0.25) is 5.02 Å². The zero-order valence-electron chi connectivity index (χ0n) is 17.0. The minimum atomic E-state index is -0.503. The molecule has 156 valence electrons. The Balaban J connectivity index is 1.63. The van der Waals surface area contributed by atoms with Crippen molar-refractivity contribution in [2.75, 3.05) is 5.32 Å². The van der Waals surface area contributed by atoms with E-state index in [4.69, 9.17) is 11.6 Å². The van der Waals surface area contributed by atoms with Gasteiger partial charge in [0, 0.05) is 5.56 Å². The van der Waals surface area contributed by atoms with E-state index < -0.39 is 5.25 Å². The van der Waals surface area contributed by atoms with E-state index in [2.05, 4.69) is 10.3 Å². The minimum Gasteiger partial charge on any atom is -0.324 e. The molecule has 0 saturated heterocycles. The number of hydrogen-bond donors (Lipinski definition) is 1. The van der Waals surface area contributed by atoms with Gasteiger partial charge in [-0.1, -0.05) is 59.8 Å². The number of amides is 1. The number of nitrogens with zero attached hydrogens (tertiary/aromatic N) is 2. The van der Waals surface area contributed by atoms with Crippen molar-refractivity contribution < 1.29 is 9.59 Å². The lowest BCUT2D eigenvalue weighted by Crippen LogP contribution is -2.23. The number of carbonyl (C=O) groups excluding carboxylic acids is 2. The van der Waals surface area contributed by atoms with Crippen LogP contribution in [0.1, 0.15) is 22.8 Å². The first-order valence-electron chi connectivity index (χ1n) is 9.75. The molecule has 7 heteroatoms. The van der Waals surface area contributed by atoms with Crippen LogP contribution in [-0.4, -0.2) is 26.6 Å². The summed E-state index contributed by atoms with van der Waals surface area (Å²) in [4.78, 5) is 30.7. The maximum absolute atomic E-state index is 13.3. The van der Waals surface area contributed by atoms with E-state index in [-0.39, 0.29) is 11.8 Å². The quantitative estimate of drug-likeness (QED) is 0.391. The van der Waals surface area contributed by atoms with Crippen molar-refractivity contribution in [1.82, 2.24) is 9.55 Å². The Morgan fingerprint density at radius 1 is 1.03 bits per heavy atom. The first kappa shape index (κ1) is 21.2. The highest BCUT2D eigenvalue weighted by atomic mass is 35.5. The zero-order chi connectivity index (χ0) is 22.0. The maximum atomic E-state index is 13.3. The molecule has 3 aromatic carbocycles. The maximum Gasteiger partial charge on any atom is 0.264 e. The molecule has 1 unspecified atom stereocenters. The average molecular weight is 450 g/mol. The molecule has 0 aliphatic heterocycles. The number of para-hydroxylation sites is 2. The Morgan fingerprint density at radius 2 is 1.74 bits per heavy atom. The Hall–Kier alpha value is -3.09. The fraction of sp³-hybridized carbons (Fsp3) is 0.125. The lowest BCUT2D eigenvalue weighted by Gasteiger charge is -2.14. The fourth-order valence-electron chi connectivity index (χ4n) is 3.16. The number of aromatic nitrogens is 2. The van der Waals surface area contributed by atoms with E-state index in [0.717, 1.165) is 5.56 Å². The molecule has 0 aliphatic carbocycles. The summed E-state index contributed by atoms with van der Waals surface area (Å²) in [7, 11) is 0. The van der Waals surface area contributed by atoms with Crippen LogP contribution in [0.5, 0.6) is 0 Å². The molecule has 31 heavy (non-hydrogen) atoms. The molecule has 0 aliphatic rings. The summed E-state index contributed by atoms with van der Waals surface area (Å²) in [6, 6.07) is 21.9. The molecular weight excluding hydrogens is 430 g/mol. The number of carbonyl (C=O) groups is 2. The average Bonchev–Trinajstić information content (AvgIpc) is 3.13. The van der Waals surface area contributed by atoms with E-state index in [0.29, 0.717) is 32.5 Å². The second kappa shape index (κ2) is 8.96. The Bertz CT molecular complexity index is 1270. The van der Waals surface area contributed by atoms with Crippen LogP contribution in [0.25, 0.3) is 11.0 Å². The second-order valence-corrected chi connectivity index (χ2v) is 8.84. The van der Waals surface area contributed by atoms with Gasteiger partial charge in [0.25, 0.3) is 5.91 Å². The minimum absolute atomic E-state index is 0.189. The first-order chi connectivity index (χ1) is 14.9. The van der Waals surface area contributed by atoms with Gasteiger partial charge in [0.1, 0.15) is 0 Å². The van der Waals surface area contributed by atoms with Gasteiger partial charge in [-0.2, -0.15) is 0 Å². The fourth-order valence-corrected chi connectivity index (χ4v) is 4.36. The summed E-state index contributed by atoms with van der Waals surface area (Å²) in [6.07, 6.45) is 0. The van der Waals surface area contributed by atoms with Gasteiger partial charge < -0.3 is 5.32 Å². The van der Waals surface area contributed by atoms with E-state index in [1.165, 1.54) is 11.8 Å². The van der Waals surface area contributed by atoms with Crippen molar-refractivity contribution in [3.63, 3.8) is 0 Å². The number of anilines is 1. The molecule has 5 nitrogen and oxygen atoms in total. The number of halogens is 1. The van der Waals surface area contributed by atoms with Crippen LogP contribution < -0.4 is 5.32 Å². The van der Waals surface area contributed by atoms with Crippen molar-refractivity contribution in [2.24, 2.45) is 0 Å². The van der Waals surface area contributed by atoms with Gasteiger partial charge in [0.15, 0.2) is 5.16 Å². The summed E-state index contributed by atoms with van der Waals surface area (Å²) in [5.74, 6) is -0.410. The van der Waals surface area contributed by atoms with Gasteiger partial charge in [0.2, 0.25) is 5.91 Å². The van der Waals surface area contributed by atoms with Gasteiger partial charge in [-0.25, -0.2) is 4.98 Å². The summed E-state index contributed by atoms with van der Waals surface area (Å²) in [6.45, 7) is 3.71. The molecule has 0 saturated carbocycles. The smallest absolute Gasteiger partial charge is 0.264 e. The SMILES string of the molecule is Cc1ccc(NC(=O)C(C)Sc2nc3ccccc3n2C(=O)c2ccccc2)c(Cl)c1. The number of benzene rings is 3. The highest BCUT2D eigenvalue weighted by molar-refractivity contribution is 8.00. The third-order valence-corrected chi connectivity index (χ3v) is 6.15. The zero-order valence-corrected chi connectivity index (χ0v) is 18.6. The first-order valence-corrected chi connectivity index (χ1v) is 11.0. The largest absolute Gasteiger partial charge is 0.324 e. The van der Waals surface area contributed by atoms with Gasteiger partial charge in [-0.15, -0.1) is 0 Å². The summed E-state index contributed by atoms with van der Waals surface area (Å²) in [5, 5.41) is 3.30. The summed E-state index contributed by atoms with van der Waals surface area (Å²) >= 11 is 7.48. The molecule has 0 fully saturated rings. The van der Waals surface area contributed by atoms with E-state index in [1.807, 2.05) is 55.5 Å². The number of nitrogens with one attached hydrogen (secondary N) is 1. The highest BCUT2D eigenvalue weighted by Crippen LogP contribution is 2.30. The van der Waals surface area contributed by atoms with Crippen molar-refractivity contribution >= 4 is 51.9 Å². The van der Waals surface area contributed by atoms with Crippen molar-refractivity contribution in [3.05, 3.63) is 88.9 Å². The van der Waals surface area contributed by atoms with Crippen molar-refractivity contribution in [3.8, 4) is 0 Å². The van der Waals surface area contributed by atoms with Crippen molar-refractivity contribution in [1.29, 1.82) is 0 Å². The van der Waals surface area contributed by atoms with E-state index in [1.54, 1.807) is 35.8 Å². The van der Waals surface area contributed by atoms with Crippen LogP contribution in [-0.2, 0) is 4.79 Å². The molecule has 0 spiro atoms. The lowest BCUT2D eigenvalue weighted by atomic mass is 10.2. The Labute approximate surface area is 189 Å². The van der Waals surface area contributed by atoms with Gasteiger partial charge >= 0.3 is 0 Å². The molecule has 1 amide bonds. The Kier molecular flexibility index (Phi) is 6.11. The predicted octanol–water partition coefficient (Wildman–Crippen LogP) is 5.81. The standard InChI is InChI=1S/C24H20ClN3O2S/c1-15-12-13-19(18(25)14-15)26-22(29)16(2)31-24-27-20-10-6-7-11-21(20)28(24)23(30)17-8-4-3-5-9-17/h3-14,16H,1-2H3,(H,26,29). The van der Waals surface area contributed by atoms with Gasteiger partial charge in [-0.3, -0.25) is 14.2 Å². The van der Waals surface area contributed by atoms with E-state index in [9.17, 15) is 9.59 Å².